The van der Waals surface area contributed by atoms with Crippen molar-refractivity contribution in [2.75, 3.05) is 18.4 Å². The second kappa shape index (κ2) is 9.56. The van der Waals surface area contributed by atoms with E-state index in [1.807, 2.05) is 19.1 Å². The fourth-order valence-electron chi connectivity index (χ4n) is 3.80. The van der Waals surface area contributed by atoms with Gasteiger partial charge in [0, 0.05) is 26.3 Å². The van der Waals surface area contributed by atoms with Gasteiger partial charge in [0.1, 0.15) is 6.54 Å². The van der Waals surface area contributed by atoms with Crippen LogP contribution >= 0.6 is 34.8 Å². The van der Waals surface area contributed by atoms with Gasteiger partial charge < -0.3 is 5.32 Å². The summed E-state index contributed by atoms with van der Waals surface area (Å²) in [7, 11) is 0. The molecule has 5 nitrogen and oxygen atoms in total. The number of carbonyl (C=O) groups excluding carboxylic acids is 2. The Hall–Kier alpha value is -2.86. The zero-order valence-corrected chi connectivity index (χ0v) is 20.0. The summed E-state index contributed by atoms with van der Waals surface area (Å²) >= 11 is 18.0. The average molecular weight is 501 g/mol. The molecule has 1 N–H and O–H groups in total. The average Bonchev–Trinajstić information content (AvgIpc) is 3.13. The minimum atomic E-state index is -0.970. The molecule has 0 radical (unpaired) electrons. The van der Waals surface area contributed by atoms with Gasteiger partial charge in [0.2, 0.25) is 5.91 Å². The van der Waals surface area contributed by atoms with Gasteiger partial charge in [-0.1, -0.05) is 46.9 Å². The molecule has 33 heavy (non-hydrogen) atoms. The van der Waals surface area contributed by atoms with E-state index in [-0.39, 0.29) is 24.8 Å². The molecule has 0 saturated heterocycles. The van der Waals surface area contributed by atoms with Crippen molar-refractivity contribution in [3.8, 4) is 0 Å². The largest absolute Gasteiger partial charge is 0.324 e. The van der Waals surface area contributed by atoms with Crippen LogP contribution in [0.5, 0.6) is 0 Å². The SMILES string of the molecule is CC1(C(=O)c2ccc(Cl)cc2)CN(CC(=O)Nc2ccc(Cl)cc2)N=C1c1ccc(Cl)cc1. The van der Waals surface area contributed by atoms with Crippen LogP contribution in [0.4, 0.5) is 5.69 Å². The summed E-state index contributed by atoms with van der Waals surface area (Å²) in [5.41, 5.74) is 1.53. The van der Waals surface area contributed by atoms with Gasteiger partial charge in [-0.25, -0.2) is 0 Å². The standard InChI is InChI=1S/C25H20Cl3N3O2/c1-25(24(33)17-4-8-19(27)9-5-17)15-31(30-23(25)16-2-6-18(26)7-3-16)14-22(32)29-21-12-10-20(28)11-13-21/h2-13H,14-15H2,1H3,(H,29,32). The highest BCUT2D eigenvalue weighted by molar-refractivity contribution is 6.31. The van der Waals surface area contributed by atoms with E-state index in [0.29, 0.717) is 32.0 Å². The molecule has 1 aliphatic rings. The van der Waals surface area contributed by atoms with Crippen molar-refractivity contribution in [3.05, 3.63) is 99.0 Å². The highest BCUT2D eigenvalue weighted by Gasteiger charge is 2.46. The topological polar surface area (TPSA) is 61.8 Å². The minimum absolute atomic E-state index is 0.0107. The van der Waals surface area contributed by atoms with Gasteiger partial charge in [-0.15, -0.1) is 0 Å². The van der Waals surface area contributed by atoms with Gasteiger partial charge in [0.05, 0.1) is 17.7 Å². The zero-order chi connectivity index (χ0) is 23.6. The Balaban J connectivity index is 1.61. The normalized spacial score (nSPS) is 17.6. The molecular formula is C25H20Cl3N3O2. The smallest absolute Gasteiger partial charge is 0.245 e. The molecule has 0 fully saturated rings. The molecule has 1 aliphatic heterocycles. The number of ketones is 1. The zero-order valence-electron chi connectivity index (χ0n) is 17.7. The number of halogens is 3. The van der Waals surface area contributed by atoms with Crippen LogP contribution in [0.15, 0.2) is 77.9 Å². The van der Waals surface area contributed by atoms with Crippen LogP contribution in [0, 0.1) is 5.41 Å². The fourth-order valence-corrected chi connectivity index (χ4v) is 4.18. The van der Waals surface area contributed by atoms with E-state index in [2.05, 4.69) is 10.4 Å². The Morgan fingerprint density at radius 2 is 1.39 bits per heavy atom. The maximum Gasteiger partial charge on any atom is 0.245 e. The molecule has 3 aromatic carbocycles. The number of hydrogen-bond donors (Lipinski definition) is 1. The van der Waals surface area contributed by atoms with Crippen LogP contribution in [-0.4, -0.2) is 35.5 Å². The minimum Gasteiger partial charge on any atom is -0.324 e. The molecule has 1 amide bonds. The highest BCUT2D eigenvalue weighted by atomic mass is 35.5. The Morgan fingerprint density at radius 1 is 0.879 bits per heavy atom. The molecule has 0 aliphatic carbocycles. The number of amides is 1. The van der Waals surface area contributed by atoms with E-state index in [0.717, 1.165) is 5.56 Å². The van der Waals surface area contributed by atoms with Crippen molar-refractivity contribution >= 4 is 57.9 Å². The summed E-state index contributed by atoms with van der Waals surface area (Å²) in [5, 5.41) is 10.8. The molecule has 1 unspecified atom stereocenters. The van der Waals surface area contributed by atoms with Crippen LogP contribution in [0.2, 0.25) is 15.1 Å². The molecule has 4 rings (SSSR count). The second-order valence-electron chi connectivity index (χ2n) is 8.00. The highest BCUT2D eigenvalue weighted by Crippen LogP contribution is 2.35. The van der Waals surface area contributed by atoms with E-state index < -0.39 is 5.41 Å². The molecule has 0 spiro atoms. The van der Waals surface area contributed by atoms with Gasteiger partial charge in [-0.3, -0.25) is 14.6 Å². The van der Waals surface area contributed by atoms with Crippen molar-refractivity contribution in [1.82, 2.24) is 5.01 Å². The summed E-state index contributed by atoms with van der Waals surface area (Å²) in [6, 6.07) is 20.8. The number of carbonyl (C=O) groups is 2. The van der Waals surface area contributed by atoms with Gasteiger partial charge in [-0.2, -0.15) is 5.10 Å². The molecule has 1 atom stereocenters. The predicted molar refractivity (Wildman–Crippen MR) is 134 cm³/mol. The fraction of sp³-hybridized carbons (Fsp3) is 0.160. The number of hydrogen-bond acceptors (Lipinski definition) is 4. The van der Waals surface area contributed by atoms with E-state index in [9.17, 15) is 9.59 Å². The van der Waals surface area contributed by atoms with Crippen LogP contribution in [0.3, 0.4) is 0 Å². The molecule has 0 saturated carbocycles. The Morgan fingerprint density at radius 3 is 1.97 bits per heavy atom. The monoisotopic (exact) mass is 499 g/mol. The lowest BCUT2D eigenvalue weighted by Crippen LogP contribution is -2.40. The lowest BCUT2D eigenvalue weighted by atomic mass is 9.76. The van der Waals surface area contributed by atoms with Crippen LogP contribution in [0.1, 0.15) is 22.8 Å². The summed E-state index contributed by atoms with van der Waals surface area (Å²) in [5.74, 6) is -0.354. The number of nitrogens with zero attached hydrogens (tertiary/aromatic N) is 2. The van der Waals surface area contributed by atoms with Crippen molar-refractivity contribution in [2.24, 2.45) is 10.5 Å². The van der Waals surface area contributed by atoms with Crippen molar-refractivity contribution in [2.45, 2.75) is 6.92 Å². The van der Waals surface area contributed by atoms with E-state index in [4.69, 9.17) is 34.8 Å². The van der Waals surface area contributed by atoms with Gasteiger partial charge in [0.15, 0.2) is 5.78 Å². The maximum absolute atomic E-state index is 13.6. The van der Waals surface area contributed by atoms with E-state index >= 15 is 0 Å². The van der Waals surface area contributed by atoms with Gasteiger partial charge in [0.25, 0.3) is 0 Å². The molecule has 8 heteroatoms. The first-order valence-electron chi connectivity index (χ1n) is 10.2. The van der Waals surface area contributed by atoms with E-state index in [1.165, 1.54) is 0 Å². The number of benzene rings is 3. The van der Waals surface area contributed by atoms with Crippen LogP contribution < -0.4 is 5.32 Å². The first-order valence-corrected chi connectivity index (χ1v) is 11.3. The van der Waals surface area contributed by atoms with Crippen molar-refractivity contribution < 1.29 is 9.59 Å². The summed E-state index contributed by atoms with van der Waals surface area (Å²) < 4.78 is 0. The lowest BCUT2D eigenvalue weighted by molar-refractivity contribution is -0.117. The van der Waals surface area contributed by atoms with E-state index in [1.54, 1.807) is 65.7 Å². The van der Waals surface area contributed by atoms with Crippen molar-refractivity contribution in [1.29, 1.82) is 0 Å². The summed E-state index contributed by atoms with van der Waals surface area (Å²) in [6.07, 6.45) is 0. The maximum atomic E-state index is 13.6. The lowest BCUT2D eigenvalue weighted by Gasteiger charge is -2.25. The second-order valence-corrected chi connectivity index (χ2v) is 9.31. The Kier molecular flexibility index (Phi) is 6.75. The molecule has 0 bridgehead atoms. The number of Topliss-reactive ketones (excluding diaryl/α,β-unsaturated/α-hetero) is 1. The number of hydrazone groups is 1. The Bertz CT molecular complexity index is 1210. The van der Waals surface area contributed by atoms with Crippen molar-refractivity contribution in [3.63, 3.8) is 0 Å². The first kappa shape index (κ1) is 23.3. The third-order valence-electron chi connectivity index (χ3n) is 5.44. The van der Waals surface area contributed by atoms with Gasteiger partial charge >= 0.3 is 0 Å². The summed E-state index contributed by atoms with van der Waals surface area (Å²) in [6.45, 7) is 2.08. The quantitative estimate of drug-likeness (QED) is 0.410. The van der Waals surface area contributed by atoms with Gasteiger partial charge in [-0.05, 0) is 73.2 Å². The molecule has 0 aromatic heterocycles. The van der Waals surface area contributed by atoms with Crippen LogP contribution in [0.25, 0.3) is 0 Å². The number of anilines is 1. The van der Waals surface area contributed by atoms with Crippen LogP contribution in [-0.2, 0) is 4.79 Å². The number of nitrogens with one attached hydrogen (secondary N) is 1. The first-order chi connectivity index (χ1) is 15.7. The molecule has 168 valence electrons. The molecule has 3 aromatic rings. The predicted octanol–water partition coefficient (Wildman–Crippen LogP) is 6.19. The molecular weight excluding hydrogens is 481 g/mol. The Labute approximate surface area is 207 Å². The molecule has 1 heterocycles. The summed E-state index contributed by atoms with van der Waals surface area (Å²) in [4.78, 5) is 26.3. The third-order valence-corrected chi connectivity index (χ3v) is 6.20. The third kappa shape index (κ3) is 5.22. The number of rotatable bonds is 6.